The van der Waals surface area contributed by atoms with Crippen LogP contribution in [0.4, 0.5) is 11.5 Å². The topological polar surface area (TPSA) is 193 Å². The molecule has 0 radical (unpaired) electrons. The number of primary amides is 1. The Morgan fingerprint density at radius 1 is 0.841 bits per heavy atom. The number of carbonyl (C=O) groups excluding carboxylic acids is 6. The van der Waals surface area contributed by atoms with Crippen LogP contribution in [0.2, 0.25) is 0 Å². The van der Waals surface area contributed by atoms with Crippen LogP contribution >= 0.6 is 0 Å². The highest BCUT2D eigenvalue weighted by molar-refractivity contribution is 6.23. The highest BCUT2D eigenvalue weighted by Gasteiger charge is 2.45. The van der Waals surface area contributed by atoms with Gasteiger partial charge in [-0.15, -0.1) is 0 Å². The lowest BCUT2D eigenvalue weighted by atomic mass is 9.86. The van der Waals surface area contributed by atoms with E-state index in [0.29, 0.717) is 67.3 Å². The second kappa shape index (κ2) is 17.7. The first kappa shape index (κ1) is 41.8. The van der Waals surface area contributed by atoms with Crippen molar-refractivity contribution in [1.82, 2.24) is 29.8 Å². The lowest BCUT2D eigenvalue weighted by molar-refractivity contribution is -0.136. The smallest absolute Gasteiger partial charge is 0.262 e. The fraction of sp³-hybridized carbons (Fsp3) is 0.426. The highest BCUT2D eigenvalue weighted by Crippen LogP contribution is 2.40. The second-order valence-corrected chi connectivity index (χ2v) is 17.4. The molecule has 0 bridgehead atoms. The maximum Gasteiger partial charge on any atom is 0.262 e. The lowest BCUT2D eigenvalue weighted by Crippen LogP contribution is -2.54. The van der Waals surface area contributed by atoms with Crippen LogP contribution < -0.4 is 26.0 Å². The van der Waals surface area contributed by atoms with Gasteiger partial charge in [-0.25, -0.2) is 4.68 Å². The van der Waals surface area contributed by atoms with Crippen LogP contribution in [0.1, 0.15) is 88.5 Å². The number of para-hydroxylation sites is 1. The maximum atomic E-state index is 13.5. The molecular weight excluding hydrogens is 803 g/mol. The van der Waals surface area contributed by atoms with Crippen molar-refractivity contribution < 1.29 is 33.5 Å². The largest absolute Gasteiger partial charge is 0.457 e. The summed E-state index contributed by atoms with van der Waals surface area (Å²) in [6.45, 7) is 5.21. The van der Waals surface area contributed by atoms with Gasteiger partial charge in [-0.05, 0) is 112 Å². The van der Waals surface area contributed by atoms with E-state index in [2.05, 4.69) is 27.5 Å². The SMILES string of the molecule is CN(CCC(=O)N1CCC(C2CCNc3c(C(N)=O)c(-c4ccc(Oc5ccccc5)cc4)nn32)CC1)CC1CCN(c2ccc3c(c2)C(=O)N(C2CCC(=O)NC2=O)C3=O)CC1. The molecule has 6 heterocycles. The van der Waals surface area contributed by atoms with Gasteiger partial charge in [0.1, 0.15) is 34.6 Å². The van der Waals surface area contributed by atoms with E-state index in [0.717, 1.165) is 73.6 Å². The quantitative estimate of drug-likeness (QED) is 0.168. The van der Waals surface area contributed by atoms with Crippen molar-refractivity contribution in [2.24, 2.45) is 17.6 Å². The van der Waals surface area contributed by atoms with Crippen molar-refractivity contribution in [1.29, 1.82) is 0 Å². The Kier molecular flexibility index (Phi) is 11.7. The molecule has 16 heteroatoms. The van der Waals surface area contributed by atoms with Crippen LogP contribution in [0.3, 0.4) is 0 Å². The van der Waals surface area contributed by atoms with Crippen molar-refractivity contribution in [2.45, 2.75) is 63.5 Å². The minimum atomic E-state index is -0.987. The molecule has 4 N–H and O–H groups in total. The van der Waals surface area contributed by atoms with E-state index in [4.69, 9.17) is 15.6 Å². The maximum absolute atomic E-state index is 13.5. The molecule has 4 aromatic rings. The molecule has 3 saturated heterocycles. The molecule has 1 aromatic heterocycles. The summed E-state index contributed by atoms with van der Waals surface area (Å²) in [6.07, 6.45) is 5.12. The number of nitrogens with zero attached hydrogens (tertiary/aromatic N) is 6. The highest BCUT2D eigenvalue weighted by atomic mass is 16.5. The monoisotopic (exact) mass is 855 g/mol. The third-order valence-electron chi connectivity index (χ3n) is 13.4. The zero-order chi connectivity index (χ0) is 43.8. The Morgan fingerprint density at radius 3 is 2.27 bits per heavy atom. The van der Waals surface area contributed by atoms with E-state index in [1.165, 1.54) is 0 Å². The van der Waals surface area contributed by atoms with Gasteiger partial charge in [0.25, 0.3) is 17.7 Å². The molecule has 5 aliphatic heterocycles. The number of nitrogens with one attached hydrogen (secondary N) is 2. The normalized spacial score (nSPS) is 20.7. The van der Waals surface area contributed by atoms with Gasteiger partial charge in [0, 0.05) is 69.9 Å². The van der Waals surface area contributed by atoms with Crippen LogP contribution in [0.25, 0.3) is 11.3 Å². The minimum Gasteiger partial charge on any atom is -0.457 e. The van der Waals surface area contributed by atoms with Crippen LogP contribution in [-0.4, -0.2) is 119 Å². The first-order valence-corrected chi connectivity index (χ1v) is 22.1. The molecule has 2 unspecified atom stereocenters. The van der Waals surface area contributed by atoms with E-state index < -0.39 is 35.6 Å². The van der Waals surface area contributed by atoms with Gasteiger partial charge in [0.15, 0.2) is 0 Å². The summed E-state index contributed by atoms with van der Waals surface area (Å²) in [7, 11) is 2.07. The van der Waals surface area contributed by atoms with Gasteiger partial charge in [-0.1, -0.05) is 18.2 Å². The number of aromatic nitrogens is 2. The molecule has 5 aliphatic rings. The van der Waals surface area contributed by atoms with E-state index in [1.54, 1.807) is 12.1 Å². The number of benzene rings is 3. The van der Waals surface area contributed by atoms with Gasteiger partial charge >= 0.3 is 0 Å². The summed E-state index contributed by atoms with van der Waals surface area (Å²) in [5.41, 5.74) is 9.10. The number of hydrogen-bond acceptors (Lipinski definition) is 11. The van der Waals surface area contributed by atoms with Gasteiger partial charge in [0.2, 0.25) is 17.7 Å². The molecular formula is C47H53N9O7. The average Bonchev–Trinajstić information content (AvgIpc) is 3.81. The first-order valence-electron chi connectivity index (χ1n) is 22.1. The molecule has 6 amide bonds. The predicted octanol–water partition coefficient (Wildman–Crippen LogP) is 4.68. The number of imide groups is 2. The Bertz CT molecular complexity index is 2420. The Balaban J connectivity index is 0.739. The molecule has 2 atom stereocenters. The van der Waals surface area contributed by atoms with Crippen LogP contribution in [-0.2, 0) is 14.4 Å². The number of ether oxygens (including phenoxy) is 1. The van der Waals surface area contributed by atoms with Crippen molar-refractivity contribution >= 4 is 46.9 Å². The first-order chi connectivity index (χ1) is 30.5. The van der Waals surface area contributed by atoms with Gasteiger partial charge in [-0.2, -0.15) is 5.10 Å². The number of carbonyl (C=O) groups is 6. The number of likely N-dealkylation sites (tertiary alicyclic amines) is 1. The molecule has 3 fully saturated rings. The Morgan fingerprint density at radius 2 is 1.56 bits per heavy atom. The summed E-state index contributed by atoms with van der Waals surface area (Å²) >= 11 is 0. The van der Waals surface area contributed by atoms with Crippen molar-refractivity contribution in [3.05, 3.63) is 89.5 Å². The number of anilines is 2. The average molecular weight is 856 g/mol. The third-order valence-corrected chi connectivity index (χ3v) is 13.4. The number of rotatable bonds is 12. The molecule has 9 rings (SSSR count). The predicted molar refractivity (Wildman–Crippen MR) is 234 cm³/mol. The third kappa shape index (κ3) is 8.51. The molecule has 0 aliphatic carbocycles. The van der Waals surface area contributed by atoms with Gasteiger partial charge in [-0.3, -0.25) is 39.0 Å². The van der Waals surface area contributed by atoms with Crippen LogP contribution in [0, 0.1) is 11.8 Å². The molecule has 63 heavy (non-hydrogen) atoms. The fourth-order valence-corrected chi connectivity index (χ4v) is 10.0. The zero-order valence-electron chi connectivity index (χ0n) is 35.5. The number of fused-ring (bicyclic) bond motifs is 2. The van der Waals surface area contributed by atoms with Crippen molar-refractivity contribution in [3.63, 3.8) is 0 Å². The van der Waals surface area contributed by atoms with Gasteiger partial charge in [0.05, 0.1) is 17.2 Å². The fourth-order valence-electron chi connectivity index (χ4n) is 10.0. The number of hydrogen-bond donors (Lipinski definition) is 3. The summed E-state index contributed by atoms with van der Waals surface area (Å²) < 4.78 is 7.93. The zero-order valence-corrected chi connectivity index (χ0v) is 35.5. The van der Waals surface area contributed by atoms with Crippen molar-refractivity contribution in [2.75, 3.05) is 63.1 Å². The number of amides is 6. The Hall–Kier alpha value is -6.55. The summed E-state index contributed by atoms with van der Waals surface area (Å²) in [5, 5.41) is 10.6. The Labute approximate surface area is 365 Å². The molecule has 0 spiro atoms. The molecule has 16 nitrogen and oxygen atoms in total. The van der Waals surface area contributed by atoms with E-state index in [1.807, 2.05) is 70.2 Å². The van der Waals surface area contributed by atoms with Crippen LogP contribution in [0.15, 0.2) is 72.8 Å². The van der Waals surface area contributed by atoms with Gasteiger partial charge < -0.3 is 30.5 Å². The summed E-state index contributed by atoms with van der Waals surface area (Å²) in [6, 6.07) is 21.4. The molecule has 328 valence electrons. The van der Waals surface area contributed by atoms with E-state index in [9.17, 15) is 28.8 Å². The lowest BCUT2D eigenvalue weighted by Gasteiger charge is -2.38. The van der Waals surface area contributed by atoms with E-state index in [-0.39, 0.29) is 35.9 Å². The van der Waals surface area contributed by atoms with E-state index >= 15 is 0 Å². The van der Waals surface area contributed by atoms with Crippen LogP contribution in [0.5, 0.6) is 11.5 Å². The number of nitrogens with two attached hydrogens (primary N) is 1. The van der Waals surface area contributed by atoms with Crippen molar-refractivity contribution in [3.8, 4) is 22.8 Å². The molecule has 0 saturated carbocycles. The number of piperidine rings is 3. The summed E-state index contributed by atoms with van der Waals surface area (Å²) in [4.78, 5) is 84.4. The standard InChI is InChI=1S/C47H53N9O7/c1-52(28-29-16-23-53(24-17-29)32-9-12-35-36(27-32)47(62)55(46(35)61)38-13-14-39(57)50-45(38)60)22-20-40(58)54-25-18-30(19-26-54)37-15-21-49-44-41(43(48)59)42(51-56(37)44)31-7-10-34(11-8-31)63-33-5-3-2-4-6-33/h2-12,27,29-30,37-38,49H,13-26,28H2,1H3,(H2,48,59)(H,50,57,60). The minimum absolute atomic E-state index is 0.0772. The summed E-state index contributed by atoms with van der Waals surface area (Å²) in [5.74, 6) is 0.432. The second-order valence-electron chi connectivity index (χ2n) is 17.4. The molecule has 3 aromatic carbocycles.